The summed E-state index contributed by atoms with van der Waals surface area (Å²) in [5.74, 6) is -0.972. The highest BCUT2D eigenvalue weighted by Gasteiger charge is 2.08. The van der Waals surface area contributed by atoms with Gasteiger partial charge in [-0.3, -0.25) is 0 Å². The molecule has 0 spiro atoms. The molecule has 0 atom stereocenters. The molecule has 0 unspecified atom stereocenters. The topological polar surface area (TPSA) is 47.4 Å². The largest absolute Gasteiger partial charge is 0.459 e. The predicted molar refractivity (Wildman–Crippen MR) is 89.6 cm³/mol. The van der Waals surface area contributed by atoms with Crippen LogP contribution < -0.4 is 4.74 Å². The normalized spacial score (nSPS) is 11.6. The van der Waals surface area contributed by atoms with E-state index >= 15 is 0 Å². The van der Waals surface area contributed by atoms with Crippen molar-refractivity contribution >= 4 is 11.5 Å². The maximum Gasteiger partial charge on any atom is 0.318 e. The molecule has 1 aromatic carbocycles. The zero-order valence-corrected chi connectivity index (χ0v) is 13.9. The van der Waals surface area contributed by atoms with Crippen molar-refractivity contribution in [2.45, 2.75) is 46.1 Å². The number of hydrogen-bond donors (Lipinski definition) is 0. The molecule has 4 nitrogen and oxygen atoms in total. The van der Waals surface area contributed by atoms with Crippen LogP contribution in [0.25, 0.3) is 0 Å². The Morgan fingerprint density at radius 2 is 2.08 bits per heavy atom. The van der Waals surface area contributed by atoms with E-state index in [1.807, 2.05) is 6.92 Å². The Labute approximate surface area is 140 Å². The highest BCUT2D eigenvalue weighted by atomic mass is 19.1. The molecule has 0 aliphatic carbocycles. The Hall–Kier alpha value is -2.37. The maximum absolute atomic E-state index is 13.8. The van der Waals surface area contributed by atoms with Gasteiger partial charge < -0.3 is 4.74 Å². The van der Waals surface area contributed by atoms with E-state index in [4.69, 9.17) is 4.74 Å². The average molecular weight is 333 g/mol. The fourth-order valence-electron chi connectivity index (χ4n) is 2.13. The molecule has 0 radical (unpaired) electrons. The summed E-state index contributed by atoms with van der Waals surface area (Å²) >= 11 is 0. The van der Waals surface area contributed by atoms with Crippen LogP contribution in [0.4, 0.5) is 14.6 Å². The van der Waals surface area contributed by atoms with Gasteiger partial charge in [0.25, 0.3) is 0 Å². The molecular weight excluding hydrogens is 312 g/mol. The fourth-order valence-corrected chi connectivity index (χ4v) is 2.13. The van der Waals surface area contributed by atoms with Crippen molar-refractivity contribution in [2.24, 2.45) is 4.99 Å². The Morgan fingerprint density at radius 1 is 1.25 bits per heavy atom. The lowest BCUT2D eigenvalue weighted by Crippen LogP contribution is -2.01. The zero-order valence-electron chi connectivity index (χ0n) is 13.9. The van der Waals surface area contributed by atoms with E-state index in [-0.39, 0.29) is 24.3 Å². The van der Waals surface area contributed by atoms with Crippen molar-refractivity contribution in [3.8, 4) is 6.01 Å². The highest BCUT2D eigenvalue weighted by Crippen LogP contribution is 2.18. The minimum absolute atomic E-state index is 0.0146. The van der Waals surface area contributed by atoms with Crippen molar-refractivity contribution in [2.75, 3.05) is 0 Å². The summed E-state index contributed by atoms with van der Waals surface area (Å²) in [5, 5.41) is 0. The molecule has 0 bridgehead atoms. The highest BCUT2D eigenvalue weighted by molar-refractivity contribution is 5.84. The van der Waals surface area contributed by atoms with Crippen LogP contribution in [0, 0.1) is 11.6 Å². The van der Waals surface area contributed by atoms with Gasteiger partial charge in [0.2, 0.25) is 0 Å². The van der Waals surface area contributed by atoms with Gasteiger partial charge in [-0.1, -0.05) is 31.9 Å². The molecule has 2 aromatic rings. The Balaban J connectivity index is 2.03. The Morgan fingerprint density at radius 3 is 2.83 bits per heavy atom. The van der Waals surface area contributed by atoms with Gasteiger partial charge in [0.05, 0.1) is 6.20 Å². The first-order valence-electron chi connectivity index (χ1n) is 8.02. The van der Waals surface area contributed by atoms with Crippen molar-refractivity contribution in [3.63, 3.8) is 0 Å². The lowest BCUT2D eigenvalue weighted by atomic mass is 10.1. The monoisotopic (exact) mass is 333 g/mol. The minimum atomic E-state index is -0.594. The smallest absolute Gasteiger partial charge is 0.318 e. The number of aromatic nitrogens is 2. The summed E-state index contributed by atoms with van der Waals surface area (Å²) in [4.78, 5) is 12.0. The van der Waals surface area contributed by atoms with Crippen molar-refractivity contribution in [1.82, 2.24) is 9.97 Å². The van der Waals surface area contributed by atoms with Crippen molar-refractivity contribution < 1.29 is 13.5 Å². The molecule has 0 fully saturated rings. The second kappa shape index (κ2) is 9.05. The van der Waals surface area contributed by atoms with Crippen molar-refractivity contribution in [1.29, 1.82) is 0 Å². The first-order chi connectivity index (χ1) is 11.6. The Kier molecular flexibility index (Phi) is 6.78. The summed E-state index contributed by atoms with van der Waals surface area (Å²) < 4.78 is 32.3. The van der Waals surface area contributed by atoms with Gasteiger partial charge in [-0.25, -0.2) is 18.8 Å². The summed E-state index contributed by atoms with van der Waals surface area (Å²) in [6.07, 6.45) is 5.08. The van der Waals surface area contributed by atoms with Crippen LogP contribution in [0.15, 0.2) is 35.5 Å². The first kappa shape index (κ1) is 18.0. The third-order valence-corrected chi connectivity index (χ3v) is 3.40. The summed E-state index contributed by atoms with van der Waals surface area (Å²) in [6.45, 7) is 4.07. The number of rotatable bonds is 8. The van der Waals surface area contributed by atoms with Gasteiger partial charge >= 0.3 is 6.01 Å². The van der Waals surface area contributed by atoms with Crippen molar-refractivity contribution in [3.05, 3.63) is 47.7 Å². The van der Waals surface area contributed by atoms with E-state index in [0.29, 0.717) is 5.56 Å². The zero-order chi connectivity index (χ0) is 17.4. The van der Waals surface area contributed by atoms with Gasteiger partial charge in [0, 0.05) is 5.71 Å². The predicted octanol–water partition coefficient (Wildman–Crippen LogP) is 5.01. The van der Waals surface area contributed by atoms with E-state index in [1.54, 1.807) is 12.1 Å². The lowest BCUT2D eigenvalue weighted by molar-refractivity contribution is 0.279. The number of hydrogen-bond acceptors (Lipinski definition) is 4. The summed E-state index contributed by atoms with van der Waals surface area (Å²) in [5.41, 5.74) is 1.46. The molecule has 0 N–H and O–H groups in total. The maximum atomic E-state index is 13.8. The molecule has 0 aliphatic heterocycles. The minimum Gasteiger partial charge on any atom is -0.459 e. The van der Waals surface area contributed by atoms with Gasteiger partial charge in [-0.15, -0.1) is 0 Å². The Bertz CT molecular complexity index is 704. The molecule has 6 heteroatoms. The second-order valence-electron chi connectivity index (χ2n) is 5.55. The van der Waals surface area contributed by atoms with E-state index < -0.39 is 5.82 Å². The number of unbranched alkanes of at least 4 members (excludes halogenated alkanes) is 2. The summed E-state index contributed by atoms with van der Waals surface area (Å²) in [6, 6.07) is 6.05. The first-order valence-corrected chi connectivity index (χ1v) is 8.02. The van der Waals surface area contributed by atoms with Gasteiger partial charge in [0.1, 0.15) is 12.4 Å². The third kappa shape index (κ3) is 5.68. The van der Waals surface area contributed by atoms with E-state index in [1.165, 1.54) is 12.1 Å². The molecule has 1 heterocycles. The standard InChI is InChI=1S/C18H21F2N3O/c1-3-4-5-7-13(2)22-17-16(20)11-21-18(23-17)24-12-14-8-6-9-15(19)10-14/h6,8-11H,3-5,7,12H2,1-2H3. The van der Waals surface area contributed by atoms with E-state index in [9.17, 15) is 8.78 Å². The number of nitrogens with zero attached hydrogens (tertiary/aromatic N) is 3. The lowest BCUT2D eigenvalue weighted by Gasteiger charge is -2.06. The SMILES string of the molecule is CCCCCC(C)=Nc1nc(OCc2cccc(F)c2)ncc1F. The van der Waals surface area contributed by atoms with Crippen LogP contribution in [-0.2, 0) is 6.61 Å². The molecule has 0 aliphatic rings. The molecular formula is C18H21F2N3O. The van der Waals surface area contributed by atoms with Gasteiger partial charge in [-0.2, -0.15) is 4.98 Å². The number of benzene rings is 1. The molecule has 0 amide bonds. The quantitative estimate of drug-likeness (QED) is 0.504. The van der Waals surface area contributed by atoms with Crippen LogP contribution in [0.3, 0.4) is 0 Å². The van der Waals surface area contributed by atoms with Crippen LogP contribution >= 0.6 is 0 Å². The van der Waals surface area contributed by atoms with Gasteiger partial charge in [-0.05, 0) is 37.5 Å². The third-order valence-electron chi connectivity index (χ3n) is 3.40. The van der Waals surface area contributed by atoms with Gasteiger partial charge in [0.15, 0.2) is 11.6 Å². The van der Waals surface area contributed by atoms with Crippen LogP contribution in [0.1, 0.15) is 45.1 Å². The van der Waals surface area contributed by atoms with Crippen LogP contribution in [0.5, 0.6) is 6.01 Å². The van der Waals surface area contributed by atoms with E-state index in [0.717, 1.165) is 37.6 Å². The molecule has 0 saturated heterocycles. The number of halogens is 2. The fraction of sp³-hybridized carbons (Fsp3) is 0.389. The van der Waals surface area contributed by atoms with E-state index in [2.05, 4.69) is 21.9 Å². The molecule has 24 heavy (non-hydrogen) atoms. The van der Waals surface area contributed by atoms with Crippen LogP contribution in [-0.4, -0.2) is 15.7 Å². The summed E-state index contributed by atoms with van der Waals surface area (Å²) in [7, 11) is 0. The average Bonchev–Trinajstić information content (AvgIpc) is 2.56. The second-order valence-corrected chi connectivity index (χ2v) is 5.55. The molecule has 1 aromatic heterocycles. The molecule has 128 valence electrons. The molecule has 0 saturated carbocycles. The number of aliphatic imine (C=N–C) groups is 1. The molecule has 2 rings (SSSR count). The number of ether oxygens (including phenoxy) is 1. The van der Waals surface area contributed by atoms with Crippen LogP contribution in [0.2, 0.25) is 0 Å².